The number of aromatic nitrogens is 2. The van der Waals surface area contributed by atoms with Crippen molar-refractivity contribution in [2.75, 3.05) is 13.2 Å². The van der Waals surface area contributed by atoms with Gasteiger partial charge in [-0.3, -0.25) is 9.36 Å². The van der Waals surface area contributed by atoms with E-state index in [1.54, 1.807) is 19.9 Å². The number of nitrogens with one attached hydrogen (secondary N) is 1. The second-order valence-corrected chi connectivity index (χ2v) is 6.95. The van der Waals surface area contributed by atoms with Crippen LogP contribution in [0.5, 0.6) is 0 Å². The highest BCUT2D eigenvalue weighted by molar-refractivity contribution is 7.53. The van der Waals surface area contributed by atoms with Crippen molar-refractivity contribution in [1.82, 2.24) is 9.97 Å². The van der Waals surface area contributed by atoms with Crippen LogP contribution < -0.4 is 5.56 Å². The number of benzene rings is 1. The molecule has 0 aliphatic rings. The number of H-pyrrole nitrogens is 1. The molecule has 3 rings (SSSR count). The fourth-order valence-corrected chi connectivity index (χ4v) is 3.99. The van der Waals surface area contributed by atoms with Gasteiger partial charge in [0.2, 0.25) is 5.58 Å². The molecule has 0 fully saturated rings. The summed E-state index contributed by atoms with van der Waals surface area (Å²) in [5.74, 6) is 0.249. The van der Waals surface area contributed by atoms with Crippen LogP contribution in [0.4, 0.5) is 0 Å². The molecule has 1 aromatic carbocycles. The first-order valence-electron chi connectivity index (χ1n) is 7.35. The van der Waals surface area contributed by atoms with Crippen LogP contribution in [-0.4, -0.2) is 23.2 Å². The standard InChI is InChI=1S/C15H17N2O5P/c1-3-20-23(19,21-4-2)9-12-16-13-10-7-5-6-8-11(10)22-14(13)15(18)17-12/h5-8H,3-4,9H2,1-2H3,(H,16,17,18). The molecule has 3 aromatic rings. The van der Waals surface area contributed by atoms with E-state index in [1.807, 2.05) is 18.2 Å². The predicted octanol–water partition coefficient (Wildman–Crippen LogP) is 3.44. The van der Waals surface area contributed by atoms with Gasteiger partial charge in [0, 0.05) is 5.39 Å². The minimum atomic E-state index is -3.34. The molecule has 0 saturated carbocycles. The summed E-state index contributed by atoms with van der Waals surface area (Å²) in [7, 11) is -3.34. The van der Waals surface area contributed by atoms with Crippen LogP contribution >= 0.6 is 7.60 Å². The van der Waals surface area contributed by atoms with E-state index in [0.717, 1.165) is 5.39 Å². The largest absolute Gasteiger partial charge is 0.449 e. The van der Waals surface area contributed by atoms with Crippen LogP contribution in [-0.2, 0) is 19.8 Å². The molecule has 2 aromatic heterocycles. The highest BCUT2D eigenvalue weighted by atomic mass is 31.2. The molecule has 0 radical (unpaired) electrons. The van der Waals surface area contributed by atoms with Crippen molar-refractivity contribution in [2.24, 2.45) is 0 Å². The van der Waals surface area contributed by atoms with E-state index < -0.39 is 13.2 Å². The lowest BCUT2D eigenvalue weighted by atomic mass is 10.2. The van der Waals surface area contributed by atoms with Gasteiger partial charge in [-0.25, -0.2) is 4.98 Å². The zero-order chi connectivity index (χ0) is 16.4. The number of hydrogen-bond donors (Lipinski definition) is 1. The lowest BCUT2D eigenvalue weighted by Gasteiger charge is -2.16. The Labute approximate surface area is 132 Å². The first kappa shape index (κ1) is 15.9. The predicted molar refractivity (Wildman–Crippen MR) is 86.7 cm³/mol. The normalized spacial score (nSPS) is 12.3. The number of aromatic amines is 1. The third-order valence-electron chi connectivity index (χ3n) is 3.28. The van der Waals surface area contributed by atoms with E-state index in [9.17, 15) is 9.36 Å². The summed E-state index contributed by atoms with van der Waals surface area (Å²) >= 11 is 0. The maximum atomic E-state index is 12.6. The maximum absolute atomic E-state index is 12.6. The molecule has 7 nitrogen and oxygen atoms in total. The molecule has 0 amide bonds. The Bertz CT molecular complexity index is 936. The second kappa shape index (κ2) is 6.28. The van der Waals surface area contributed by atoms with Crippen LogP contribution in [0, 0.1) is 0 Å². The van der Waals surface area contributed by atoms with Gasteiger partial charge >= 0.3 is 7.60 Å². The van der Waals surface area contributed by atoms with Crippen molar-refractivity contribution in [3.63, 3.8) is 0 Å². The molecular weight excluding hydrogens is 319 g/mol. The summed E-state index contributed by atoms with van der Waals surface area (Å²) in [6.07, 6.45) is -0.0979. The Morgan fingerprint density at radius 3 is 2.61 bits per heavy atom. The van der Waals surface area contributed by atoms with Gasteiger partial charge in [-0.05, 0) is 26.0 Å². The number of furan rings is 1. The van der Waals surface area contributed by atoms with Crippen molar-refractivity contribution in [3.8, 4) is 0 Å². The number of fused-ring (bicyclic) bond motifs is 3. The van der Waals surface area contributed by atoms with Gasteiger partial charge in [-0.15, -0.1) is 0 Å². The summed E-state index contributed by atoms with van der Waals surface area (Å²) in [5, 5.41) is 0.734. The second-order valence-electron chi connectivity index (χ2n) is 4.89. The molecular formula is C15H17N2O5P. The number of para-hydroxylation sites is 1. The number of hydrogen-bond acceptors (Lipinski definition) is 6. The van der Waals surface area contributed by atoms with Crippen LogP contribution in [0.15, 0.2) is 33.5 Å². The molecule has 0 saturated heterocycles. The van der Waals surface area contributed by atoms with E-state index in [-0.39, 0.29) is 30.8 Å². The average molecular weight is 336 g/mol. The zero-order valence-corrected chi connectivity index (χ0v) is 13.8. The highest BCUT2D eigenvalue weighted by Crippen LogP contribution is 2.50. The Hall–Kier alpha value is -1.95. The first-order chi connectivity index (χ1) is 11.1. The minimum Gasteiger partial charge on any atom is -0.449 e. The Kier molecular flexibility index (Phi) is 4.35. The summed E-state index contributed by atoms with van der Waals surface area (Å²) in [5.41, 5.74) is 0.757. The van der Waals surface area contributed by atoms with E-state index in [4.69, 9.17) is 13.5 Å². The van der Waals surface area contributed by atoms with Gasteiger partial charge in [0.15, 0.2) is 0 Å². The van der Waals surface area contributed by atoms with Gasteiger partial charge in [0.25, 0.3) is 5.56 Å². The molecule has 1 N–H and O–H groups in total. The van der Waals surface area contributed by atoms with Gasteiger partial charge in [-0.1, -0.05) is 12.1 Å². The van der Waals surface area contributed by atoms with Gasteiger partial charge in [0.05, 0.1) is 13.2 Å². The van der Waals surface area contributed by atoms with Crippen LogP contribution in [0.3, 0.4) is 0 Å². The molecule has 0 aliphatic carbocycles. The Morgan fingerprint density at radius 1 is 1.22 bits per heavy atom. The van der Waals surface area contributed by atoms with Gasteiger partial charge in [0.1, 0.15) is 23.1 Å². The van der Waals surface area contributed by atoms with Crippen molar-refractivity contribution < 1.29 is 18.0 Å². The van der Waals surface area contributed by atoms with Crippen LogP contribution in [0.25, 0.3) is 22.1 Å². The molecule has 0 atom stereocenters. The quantitative estimate of drug-likeness (QED) is 0.693. The van der Waals surface area contributed by atoms with E-state index in [0.29, 0.717) is 11.1 Å². The smallest absolute Gasteiger partial charge is 0.338 e. The molecule has 0 aliphatic heterocycles. The van der Waals surface area contributed by atoms with Crippen molar-refractivity contribution >= 4 is 29.7 Å². The summed E-state index contributed by atoms with van der Waals surface area (Å²) < 4.78 is 28.6. The van der Waals surface area contributed by atoms with E-state index in [1.165, 1.54) is 0 Å². The third-order valence-corrected chi connectivity index (χ3v) is 5.27. The van der Waals surface area contributed by atoms with Gasteiger partial charge < -0.3 is 18.4 Å². The Morgan fingerprint density at radius 2 is 1.91 bits per heavy atom. The summed E-state index contributed by atoms with van der Waals surface area (Å²) in [6, 6.07) is 7.24. The fraction of sp³-hybridized carbons (Fsp3) is 0.333. The third kappa shape index (κ3) is 3.08. The summed E-state index contributed by atoms with van der Waals surface area (Å²) in [4.78, 5) is 19.2. The van der Waals surface area contributed by atoms with Crippen LogP contribution in [0.2, 0.25) is 0 Å². The molecule has 2 heterocycles. The van der Waals surface area contributed by atoms with Crippen molar-refractivity contribution in [2.45, 2.75) is 20.0 Å². The van der Waals surface area contributed by atoms with Crippen molar-refractivity contribution in [1.29, 1.82) is 0 Å². The van der Waals surface area contributed by atoms with E-state index >= 15 is 0 Å². The number of rotatable bonds is 6. The monoisotopic (exact) mass is 336 g/mol. The first-order valence-corrected chi connectivity index (χ1v) is 9.07. The van der Waals surface area contributed by atoms with Gasteiger partial charge in [-0.2, -0.15) is 0 Å². The number of nitrogens with zero attached hydrogens (tertiary/aromatic N) is 1. The van der Waals surface area contributed by atoms with Crippen LogP contribution in [0.1, 0.15) is 19.7 Å². The van der Waals surface area contributed by atoms with E-state index in [2.05, 4.69) is 9.97 Å². The highest BCUT2D eigenvalue weighted by Gasteiger charge is 2.26. The zero-order valence-electron chi connectivity index (χ0n) is 12.9. The average Bonchev–Trinajstić information content (AvgIpc) is 2.87. The molecule has 122 valence electrons. The molecule has 0 spiro atoms. The lowest BCUT2D eigenvalue weighted by Crippen LogP contribution is -2.12. The SMILES string of the molecule is CCOP(=O)(Cc1nc2c(oc3ccccc32)c(=O)[nH]1)OCC. The summed E-state index contributed by atoms with van der Waals surface area (Å²) in [6.45, 7) is 3.96. The van der Waals surface area contributed by atoms with Crippen molar-refractivity contribution in [3.05, 3.63) is 40.4 Å². The molecule has 23 heavy (non-hydrogen) atoms. The minimum absolute atomic E-state index is 0.0979. The maximum Gasteiger partial charge on any atom is 0.338 e. The topological polar surface area (TPSA) is 94.4 Å². The molecule has 8 heteroatoms. The lowest BCUT2D eigenvalue weighted by molar-refractivity contribution is 0.218. The fourth-order valence-electron chi connectivity index (χ4n) is 2.43. The molecule has 0 unspecified atom stereocenters. The Balaban J connectivity index is 2.10. The molecule has 0 bridgehead atoms.